The van der Waals surface area contributed by atoms with E-state index in [-0.39, 0.29) is 5.91 Å². The lowest BCUT2D eigenvalue weighted by Crippen LogP contribution is -2.49. The highest BCUT2D eigenvalue weighted by atomic mass is 16.2. The van der Waals surface area contributed by atoms with Crippen LogP contribution < -0.4 is 4.90 Å². The first-order chi connectivity index (χ1) is 12.7. The first-order valence-corrected chi connectivity index (χ1v) is 8.66. The Morgan fingerprint density at radius 3 is 2.23 bits per heavy atom. The number of amides is 1. The van der Waals surface area contributed by atoms with E-state index in [4.69, 9.17) is 0 Å². The number of hydrogen-bond acceptors (Lipinski definition) is 5. The second-order valence-electron chi connectivity index (χ2n) is 6.24. The van der Waals surface area contributed by atoms with Gasteiger partial charge in [-0.1, -0.05) is 18.2 Å². The third-order valence-corrected chi connectivity index (χ3v) is 4.62. The second-order valence-corrected chi connectivity index (χ2v) is 6.24. The molecule has 0 N–H and O–H groups in total. The molecule has 3 aromatic rings. The molecule has 0 radical (unpaired) electrons. The van der Waals surface area contributed by atoms with Crippen LogP contribution >= 0.6 is 0 Å². The van der Waals surface area contributed by atoms with E-state index < -0.39 is 0 Å². The predicted octanol–water partition coefficient (Wildman–Crippen LogP) is 1.93. The molecular weight excluding hydrogens is 328 g/mol. The topological polar surface area (TPSA) is 67.2 Å². The van der Waals surface area contributed by atoms with Gasteiger partial charge in [0.15, 0.2) is 11.6 Å². The third kappa shape index (κ3) is 3.15. The summed E-state index contributed by atoms with van der Waals surface area (Å²) in [5, 5.41) is 8.66. The van der Waals surface area contributed by atoms with Crippen molar-refractivity contribution in [2.45, 2.75) is 6.92 Å². The first-order valence-electron chi connectivity index (χ1n) is 8.66. The van der Waals surface area contributed by atoms with Crippen LogP contribution in [0.1, 0.15) is 16.2 Å². The highest BCUT2D eigenvalue weighted by Gasteiger charge is 2.23. The number of hydrogen-bond donors (Lipinski definition) is 0. The Hall–Kier alpha value is -3.22. The monoisotopic (exact) mass is 348 g/mol. The van der Waals surface area contributed by atoms with E-state index in [2.05, 4.69) is 20.1 Å². The molecule has 0 atom stereocenters. The summed E-state index contributed by atoms with van der Waals surface area (Å²) in [4.78, 5) is 20.8. The van der Waals surface area contributed by atoms with Gasteiger partial charge >= 0.3 is 0 Å². The molecule has 1 aliphatic rings. The first kappa shape index (κ1) is 16.3. The largest absolute Gasteiger partial charge is 0.352 e. The number of anilines is 1. The lowest BCUT2D eigenvalue weighted by Gasteiger charge is -2.35. The average Bonchev–Trinajstić information content (AvgIpc) is 3.14. The van der Waals surface area contributed by atoms with Gasteiger partial charge in [-0.3, -0.25) is 9.36 Å². The fourth-order valence-electron chi connectivity index (χ4n) is 3.14. The van der Waals surface area contributed by atoms with Crippen molar-refractivity contribution in [2.24, 2.45) is 0 Å². The number of carbonyl (C=O) groups excluding carboxylic acids is 1. The molecule has 26 heavy (non-hydrogen) atoms. The van der Waals surface area contributed by atoms with E-state index in [1.54, 1.807) is 6.20 Å². The van der Waals surface area contributed by atoms with Crippen molar-refractivity contribution < 1.29 is 4.79 Å². The minimum atomic E-state index is 0.0854. The number of aromatic nitrogens is 4. The zero-order chi connectivity index (χ0) is 17.9. The van der Waals surface area contributed by atoms with E-state index in [1.807, 2.05) is 65.1 Å². The van der Waals surface area contributed by atoms with Crippen molar-refractivity contribution >= 4 is 11.7 Å². The summed E-state index contributed by atoms with van der Waals surface area (Å²) in [6, 6.07) is 13.3. The van der Waals surface area contributed by atoms with Crippen LogP contribution in [-0.4, -0.2) is 56.7 Å². The standard InChI is InChI=1S/C19H20N6O/c1-15-20-9-10-25(15)18-8-7-17(21-22-18)23-11-13-24(14-12-23)19(26)16-5-3-2-4-6-16/h2-10H,11-14H2,1H3. The van der Waals surface area contributed by atoms with E-state index in [1.165, 1.54) is 0 Å². The van der Waals surface area contributed by atoms with Crippen LogP contribution in [0, 0.1) is 6.92 Å². The number of imidazole rings is 1. The van der Waals surface area contributed by atoms with Crippen LogP contribution in [0.5, 0.6) is 0 Å². The van der Waals surface area contributed by atoms with Gasteiger partial charge in [0.05, 0.1) is 0 Å². The van der Waals surface area contributed by atoms with Crippen molar-refractivity contribution in [2.75, 3.05) is 31.1 Å². The van der Waals surface area contributed by atoms with E-state index in [9.17, 15) is 4.79 Å². The van der Waals surface area contributed by atoms with Crippen LogP contribution in [0.15, 0.2) is 54.9 Å². The summed E-state index contributed by atoms with van der Waals surface area (Å²) in [5.41, 5.74) is 0.737. The Morgan fingerprint density at radius 1 is 0.923 bits per heavy atom. The Kier molecular flexibility index (Phi) is 4.35. The van der Waals surface area contributed by atoms with E-state index in [0.29, 0.717) is 13.1 Å². The number of piperazine rings is 1. The maximum Gasteiger partial charge on any atom is 0.253 e. The van der Waals surface area contributed by atoms with Gasteiger partial charge in [-0.15, -0.1) is 10.2 Å². The molecule has 4 rings (SSSR count). The Balaban J connectivity index is 1.40. The molecule has 1 saturated heterocycles. The molecule has 0 bridgehead atoms. The fraction of sp³-hybridized carbons (Fsp3) is 0.263. The third-order valence-electron chi connectivity index (χ3n) is 4.62. The molecule has 0 spiro atoms. The van der Waals surface area contributed by atoms with Crippen molar-refractivity contribution in [1.29, 1.82) is 0 Å². The highest BCUT2D eigenvalue weighted by Crippen LogP contribution is 2.16. The van der Waals surface area contributed by atoms with Gasteiger partial charge in [0.2, 0.25) is 0 Å². The van der Waals surface area contributed by atoms with E-state index >= 15 is 0 Å². The lowest BCUT2D eigenvalue weighted by atomic mass is 10.2. The summed E-state index contributed by atoms with van der Waals surface area (Å²) >= 11 is 0. The number of carbonyl (C=O) groups is 1. The molecule has 132 valence electrons. The van der Waals surface area contributed by atoms with Gasteiger partial charge in [-0.2, -0.15) is 0 Å². The molecule has 0 unspecified atom stereocenters. The highest BCUT2D eigenvalue weighted by molar-refractivity contribution is 5.94. The molecule has 3 heterocycles. The minimum Gasteiger partial charge on any atom is -0.352 e. The molecule has 1 aliphatic heterocycles. The van der Waals surface area contributed by atoms with Gasteiger partial charge < -0.3 is 9.80 Å². The SMILES string of the molecule is Cc1nccn1-c1ccc(N2CCN(C(=O)c3ccccc3)CC2)nn1. The van der Waals surface area contributed by atoms with Crippen molar-refractivity contribution in [3.05, 3.63) is 66.2 Å². The van der Waals surface area contributed by atoms with Gasteiger partial charge in [0.1, 0.15) is 5.82 Å². The Bertz CT molecular complexity index is 882. The zero-order valence-electron chi connectivity index (χ0n) is 14.6. The molecule has 1 fully saturated rings. The van der Waals surface area contributed by atoms with Crippen molar-refractivity contribution in [3.63, 3.8) is 0 Å². The Labute approximate surface area is 151 Å². The molecule has 1 amide bonds. The van der Waals surface area contributed by atoms with Gasteiger partial charge in [0.25, 0.3) is 5.91 Å². The molecule has 1 aromatic carbocycles. The lowest BCUT2D eigenvalue weighted by molar-refractivity contribution is 0.0746. The van der Waals surface area contributed by atoms with Crippen LogP contribution in [0.3, 0.4) is 0 Å². The smallest absolute Gasteiger partial charge is 0.253 e. The summed E-state index contributed by atoms with van der Waals surface area (Å²) in [7, 11) is 0. The summed E-state index contributed by atoms with van der Waals surface area (Å²) < 4.78 is 1.90. The maximum atomic E-state index is 12.5. The zero-order valence-corrected chi connectivity index (χ0v) is 14.6. The number of aryl methyl sites for hydroxylation is 1. The summed E-state index contributed by atoms with van der Waals surface area (Å²) in [5.74, 6) is 2.54. The van der Waals surface area contributed by atoms with Crippen LogP contribution in [-0.2, 0) is 0 Å². The van der Waals surface area contributed by atoms with Crippen LogP contribution in [0.25, 0.3) is 5.82 Å². The Morgan fingerprint density at radius 2 is 1.62 bits per heavy atom. The molecule has 0 aliphatic carbocycles. The maximum absolute atomic E-state index is 12.5. The van der Waals surface area contributed by atoms with Gasteiger partial charge in [0, 0.05) is 44.1 Å². The average molecular weight is 348 g/mol. The molecular formula is C19H20N6O. The number of benzene rings is 1. The normalized spacial score (nSPS) is 14.5. The molecule has 7 nitrogen and oxygen atoms in total. The van der Waals surface area contributed by atoms with E-state index in [0.717, 1.165) is 36.1 Å². The van der Waals surface area contributed by atoms with Crippen LogP contribution in [0.4, 0.5) is 5.82 Å². The fourth-order valence-corrected chi connectivity index (χ4v) is 3.14. The molecule has 0 saturated carbocycles. The minimum absolute atomic E-state index is 0.0854. The summed E-state index contributed by atoms with van der Waals surface area (Å²) in [6.45, 7) is 4.78. The van der Waals surface area contributed by atoms with Gasteiger partial charge in [-0.05, 0) is 31.2 Å². The molecule has 2 aromatic heterocycles. The summed E-state index contributed by atoms with van der Waals surface area (Å²) in [6.07, 6.45) is 3.61. The number of rotatable bonds is 3. The quantitative estimate of drug-likeness (QED) is 0.724. The molecule has 7 heteroatoms. The predicted molar refractivity (Wildman–Crippen MR) is 98.4 cm³/mol. The van der Waals surface area contributed by atoms with Crippen molar-refractivity contribution in [3.8, 4) is 5.82 Å². The van der Waals surface area contributed by atoms with Crippen LogP contribution in [0.2, 0.25) is 0 Å². The number of nitrogens with zero attached hydrogens (tertiary/aromatic N) is 6. The second kappa shape index (κ2) is 6.95. The van der Waals surface area contributed by atoms with Gasteiger partial charge in [-0.25, -0.2) is 4.98 Å². The van der Waals surface area contributed by atoms with Crippen molar-refractivity contribution in [1.82, 2.24) is 24.6 Å².